The first-order chi connectivity index (χ1) is 11.2. The quantitative estimate of drug-likeness (QED) is 0.771. The maximum Gasteiger partial charge on any atom is 0.138 e. The number of aliphatic hydroxyl groups is 2. The van der Waals surface area contributed by atoms with Gasteiger partial charge in [-0.2, -0.15) is 0 Å². The highest BCUT2D eigenvalue weighted by Gasteiger charge is 2.63. The molecule has 4 aliphatic carbocycles. The number of carbonyl (C=O) groups is 1. The molecule has 2 N–H and O–H groups in total. The van der Waals surface area contributed by atoms with E-state index < -0.39 is 5.60 Å². The lowest BCUT2D eigenvalue weighted by atomic mass is 9.44. The molecule has 8 atom stereocenters. The standard InChI is InChI=1S/C21H34O3/c1-19-11-13(12-22)18(23)10-14(19)4-5-15-16(19)6-8-20(2)17(15)7-9-21(20,3)24/h13-17,22,24H,4-12H2,1-3H3/t13?,14-,15+,16-,17-,19-,20-,21-/m0/s1. The average Bonchev–Trinajstić information content (AvgIpc) is 2.77. The van der Waals surface area contributed by atoms with E-state index in [4.69, 9.17) is 0 Å². The molecule has 136 valence electrons. The van der Waals surface area contributed by atoms with Crippen LogP contribution in [0.15, 0.2) is 0 Å². The van der Waals surface area contributed by atoms with Crippen LogP contribution >= 0.6 is 0 Å². The van der Waals surface area contributed by atoms with Crippen molar-refractivity contribution in [2.75, 3.05) is 6.61 Å². The van der Waals surface area contributed by atoms with Gasteiger partial charge in [-0.05, 0) is 86.4 Å². The predicted octanol–water partition coefficient (Wildman–Crippen LogP) is 3.57. The zero-order chi connectivity index (χ0) is 17.3. The topological polar surface area (TPSA) is 57.5 Å². The highest BCUT2D eigenvalue weighted by atomic mass is 16.3. The molecular formula is C21H34O3. The first-order valence-corrected chi connectivity index (χ1v) is 10.1. The van der Waals surface area contributed by atoms with E-state index in [0.717, 1.165) is 32.1 Å². The molecule has 0 amide bonds. The van der Waals surface area contributed by atoms with Crippen molar-refractivity contribution < 1.29 is 15.0 Å². The van der Waals surface area contributed by atoms with Gasteiger partial charge in [0.15, 0.2) is 0 Å². The van der Waals surface area contributed by atoms with E-state index in [9.17, 15) is 15.0 Å². The van der Waals surface area contributed by atoms with Crippen LogP contribution in [-0.2, 0) is 4.79 Å². The van der Waals surface area contributed by atoms with Gasteiger partial charge in [-0.1, -0.05) is 13.8 Å². The number of fused-ring (bicyclic) bond motifs is 5. The summed E-state index contributed by atoms with van der Waals surface area (Å²) >= 11 is 0. The Morgan fingerprint density at radius 1 is 1.04 bits per heavy atom. The summed E-state index contributed by atoms with van der Waals surface area (Å²) in [5, 5.41) is 20.6. The van der Waals surface area contributed by atoms with Crippen molar-refractivity contribution in [3.05, 3.63) is 0 Å². The lowest BCUT2D eigenvalue weighted by Crippen LogP contribution is -2.57. The summed E-state index contributed by atoms with van der Waals surface area (Å²) in [6.45, 7) is 6.83. The van der Waals surface area contributed by atoms with E-state index in [0.29, 0.717) is 35.9 Å². The molecule has 0 heterocycles. The molecule has 0 aromatic rings. The molecule has 3 heteroatoms. The molecule has 24 heavy (non-hydrogen) atoms. The molecule has 0 aromatic carbocycles. The van der Waals surface area contributed by atoms with Gasteiger partial charge in [0.1, 0.15) is 5.78 Å². The van der Waals surface area contributed by atoms with Crippen LogP contribution in [0, 0.1) is 40.4 Å². The number of Topliss-reactive ketones (excluding diaryl/α,β-unsaturated/α-hetero) is 1. The summed E-state index contributed by atoms with van der Waals surface area (Å²) in [7, 11) is 0. The maximum absolute atomic E-state index is 12.3. The van der Waals surface area contributed by atoms with E-state index in [1.54, 1.807) is 0 Å². The fraction of sp³-hybridized carbons (Fsp3) is 0.952. The summed E-state index contributed by atoms with van der Waals surface area (Å²) in [6.07, 6.45) is 8.37. The molecule has 4 fully saturated rings. The third-order valence-corrected chi connectivity index (χ3v) is 9.44. The Morgan fingerprint density at radius 3 is 2.46 bits per heavy atom. The molecule has 1 unspecified atom stereocenters. The minimum absolute atomic E-state index is 0.0222. The van der Waals surface area contributed by atoms with Crippen molar-refractivity contribution in [2.24, 2.45) is 40.4 Å². The zero-order valence-corrected chi connectivity index (χ0v) is 15.6. The molecule has 0 bridgehead atoms. The Labute approximate surface area is 146 Å². The van der Waals surface area contributed by atoms with Crippen molar-refractivity contribution >= 4 is 5.78 Å². The number of carbonyl (C=O) groups excluding carboxylic acids is 1. The summed E-state index contributed by atoms with van der Waals surface area (Å²) in [5.41, 5.74) is -0.241. The second-order valence-corrected chi connectivity index (χ2v) is 10.2. The minimum Gasteiger partial charge on any atom is -0.396 e. The second kappa shape index (κ2) is 5.30. The number of aliphatic hydroxyl groups excluding tert-OH is 1. The lowest BCUT2D eigenvalue weighted by molar-refractivity contribution is -0.160. The maximum atomic E-state index is 12.3. The van der Waals surface area contributed by atoms with Crippen LogP contribution in [0.5, 0.6) is 0 Å². The summed E-state index contributed by atoms with van der Waals surface area (Å²) in [4.78, 5) is 12.3. The highest BCUT2D eigenvalue weighted by molar-refractivity contribution is 5.82. The molecule has 4 rings (SSSR count). The number of ketones is 1. The monoisotopic (exact) mass is 334 g/mol. The molecule has 4 saturated carbocycles. The smallest absolute Gasteiger partial charge is 0.138 e. The molecular weight excluding hydrogens is 300 g/mol. The zero-order valence-electron chi connectivity index (χ0n) is 15.6. The fourth-order valence-corrected chi connectivity index (χ4v) is 7.65. The first-order valence-electron chi connectivity index (χ1n) is 10.1. The van der Waals surface area contributed by atoms with Crippen LogP contribution in [0.4, 0.5) is 0 Å². The Kier molecular flexibility index (Phi) is 3.76. The van der Waals surface area contributed by atoms with Crippen LogP contribution in [0.3, 0.4) is 0 Å². The van der Waals surface area contributed by atoms with Gasteiger partial charge in [0.25, 0.3) is 0 Å². The third-order valence-electron chi connectivity index (χ3n) is 9.44. The number of hydrogen-bond donors (Lipinski definition) is 2. The van der Waals surface area contributed by atoms with Crippen LogP contribution in [0.1, 0.15) is 72.1 Å². The molecule has 0 aromatic heterocycles. The fourth-order valence-electron chi connectivity index (χ4n) is 7.65. The van der Waals surface area contributed by atoms with Crippen LogP contribution in [0.2, 0.25) is 0 Å². The van der Waals surface area contributed by atoms with Crippen molar-refractivity contribution in [3.8, 4) is 0 Å². The Bertz CT molecular complexity index is 541. The van der Waals surface area contributed by atoms with E-state index in [1.807, 2.05) is 0 Å². The van der Waals surface area contributed by atoms with Gasteiger partial charge >= 0.3 is 0 Å². The van der Waals surface area contributed by atoms with Gasteiger partial charge in [0.05, 0.1) is 12.2 Å². The summed E-state index contributed by atoms with van der Waals surface area (Å²) < 4.78 is 0. The van der Waals surface area contributed by atoms with Crippen molar-refractivity contribution in [3.63, 3.8) is 0 Å². The van der Waals surface area contributed by atoms with Gasteiger partial charge in [-0.15, -0.1) is 0 Å². The Balaban J connectivity index is 1.65. The van der Waals surface area contributed by atoms with Gasteiger partial charge in [0.2, 0.25) is 0 Å². The van der Waals surface area contributed by atoms with Crippen LogP contribution in [-0.4, -0.2) is 28.2 Å². The lowest BCUT2D eigenvalue weighted by Gasteiger charge is -2.61. The first kappa shape index (κ1) is 17.0. The van der Waals surface area contributed by atoms with Crippen LogP contribution < -0.4 is 0 Å². The second-order valence-electron chi connectivity index (χ2n) is 10.2. The Hall–Kier alpha value is -0.410. The predicted molar refractivity (Wildman–Crippen MR) is 93.3 cm³/mol. The average molecular weight is 335 g/mol. The van der Waals surface area contributed by atoms with Gasteiger partial charge in [-0.25, -0.2) is 0 Å². The number of rotatable bonds is 1. The molecule has 0 spiro atoms. The minimum atomic E-state index is -0.517. The molecule has 0 saturated heterocycles. The van der Waals surface area contributed by atoms with E-state index in [2.05, 4.69) is 20.8 Å². The summed E-state index contributed by atoms with van der Waals surface area (Å²) in [5.74, 6) is 2.68. The highest BCUT2D eigenvalue weighted by Crippen LogP contribution is 2.68. The van der Waals surface area contributed by atoms with Crippen molar-refractivity contribution in [1.82, 2.24) is 0 Å². The molecule has 0 radical (unpaired) electrons. The van der Waals surface area contributed by atoms with Crippen LogP contribution in [0.25, 0.3) is 0 Å². The molecule has 3 nitrogen and oxygen atoms in total. The normalized spacial score (nSPS) is 57.2. The molecule has 0 aliphatic heterocycles. The van der Waals surface area contributed by atoms with E-state index >= 15 is 0 Å². The van der Waals surface area contributed by atoms with Gasteiger partial charge < -0.3 is 10.2 Å². The third kappa shape index (κ3) is 2.06. The van der Waals surface area contributed by atoms with Gasteiger partial charge in [0, 0.05) is 12.3 Å². The Morgan fingerprint density at radius 2 is 1.75 bits per heavy atom. The molecule has 4 aliphatic rings. The van der Waals surface area contributed by atoms with Crippen molar-refractivity contribution in [2.45, 2.75) is 77.7 Å². The van der Waals surface area contributed by atoms with Gasteiger partial charge in [-0.3, -0.25) is 4.79 Å². The SMILES string of the molecule is C[C@]12CC(CO)C(=O)C[C@@H]1CC[C@@H]1[C@@H]2CC[C@@]2(C)[C@H]1CC[C@]2(C)O. The number of hydrogen-bond acceptors (Lipinski definition) is 3. The summed E-state index contributed by atoms with van der Waals surface area (Å²) in [6, 6.07) is 0. The van der Waals surface area contributed by atoms with Crippen molar-refractivity contribution in [1.29, 1.82) is 0 Å². The largest absolute Gasteiger partial charge is 0.396 e. The van der Waals surface area contributed by atoms with E-state index in [1.165, 1.54) is 12.8 Å². The van der Waals surface area contributed by atoms with E-state index in [-0.39, 0.29) is 23.4 Å².